The van der Waals surface area contributed by atoms with Crippen molar-refractivity contribution in [2.75, 3.05) is 7.05 Å². The van der Waals surface area contributed by atoms with Gasteiger partial charge in [-0.2, -0.15) is 0 Å². The second-order valence-electron chi connectivity index (χ2n) is 4.97. The van der Waals surface area contributed by atoms with Crippen molar-refractivity contribution in [2.45, 2.75) is 40.2 Å². The summed E-state index contributed by atoms with van der Waals surface area (Å²) in [6, 6.07) is 4.40. The highest BCUT2D eigenvalue weighted by Crippen LogP contribution is 2.28. The van der Waals surface area contributed by atoms with Crippen LogP contribution in [0.1, 0.15) is 42.0 Å². The minimum Gasteiger partial charge on any atom is -0.419 e. The molecule has 19 heavy (non-hydrogen) atoms. The first-order valence-electron chi connectivity index (χ1n) is 6.65. The van der Waals surface area contributed by atoms with E-state index in [2.05, 4.69) is 55.3 Å². The lowest BCUT2D eigenvalue weighted by Gasteiger charge is -2.09. The van der Waals surface area contributed by atoms with E-state index in [0.29, 0.717) is 11.8 Å². The van der Waals surface area contributed by atoms with Crippen LogP contribution in [0.3, 0.4) is 0 Å². The van der Waals surface area contributed by atoms with E-state index in [0.717, 1.165) is 12.0 Å². The fourth-order valence-electron chi connectivity index (χ4n) is 2.50. The zero-order valence-corrected chi connectivity index (χ0v) is 12.2. The van der Waals surface area contributed by atoms with Gasteiger partial charge in [-0.3, -0.25) is 0 Å². The number of rotatable bonds is 4. The second-order valence-corrected chi connectivity index (χ2v) is 4.97. The molecule has 0 saturated carbocycles. The van der Waals surface area contributed by atoms with E-state index < -0.39 is 0 Å². The number of nitrogens with one attached hydrogen (secondary N) is 1. The van der Waals surface area contributed by atoms with E-state index in [9.17, 15) is 0 Å². The summed E-state index contributed by atoms with van der Waals surface area (Å²) in [4.78, 5) is 0. The molecule has 0 radical (unpaired) electrons. The molecule has 1 heterocycles. The van der Waals surface area contributed by atoms with Gasteiger partial charge in [0.2, 0.25) is 11.8 Å². The summed E-state index contributed by atoms with van der Waals surface area (Å²) in [5.41, 5.74) is 4.64. The van der Waals surface area contributed by atoms with Crippen LogP contribution in [0.4, 0.5) is 0 Å². The number of aromatic nitrogens is 2. The first-order chi connectivity index (χ1) is 9.06. The van der Waals surface area contributed by atoms with Gasteiger partial charge in [-0.15, -0.1) is 10.2 Å². The molecule has 0 bridgehead atoms. The molecule has 0 aliphatic carbocycles. The van der Waals surface area contributed by atoms with Gasteiger partial charge in [0.25, 0.3) is 0 Å². The fraction of sp³-hybridized carbons (Fsp3) is 0.467. The summed E-state index contributed by atoms with van der Waals surface area (Å²) in [5.74, 6) is 1.26. The van der Waals surface area contributed by atoms with Crippen molar-refractivity contribution in [2.24, 2.45) is 0 Å². The Morgan fingerprint density at radius 2 is 1.79 bits per heavy atom. The molecular formula is C15H21N3O. The molecule has 102 valence electrons. The highest BCUT2D eigenvalue weighted by molar-refractivity contribution is 5.63. The van der Waals surface area contributed by atoms with Crippen LogP contribution in [-0.4, -0.2) is 17.2 Å². The van der Waals surface area contributed by atoms with Gasteiger partial charge in [-0.05, 0) is 45.4 Å². The van der Waals surface area contributed by atoms with Crippen molar-refractivity contribution in [1.82, 2.24) is 15.5 Å². The van der Waals surface area contributed by atoms with Gasteiger partial charge >= 0.3 is 0 Å². The quantitative estimate of drug-likeness (QED) is 0.915. The van der Waals surface area contributed by atoms with Crippen LogP contribution in [0, 0.1) is 20.8 Å². The van der Waals surface area contributed by atoms with Crippen molar-refractivity contribution in [3.63, 3.8) is 0 Å². The summed E-state index contributed by atoms with van der Waals surface area (Å²) in [6.45, 7) is 8.34. The first kappa shape index (κ1) is 13.7. The average molecular weight is 259 g/mol. The van der Waals surface area contributed by atoms with Gasteiger partial charge < -0.3 is 9.73 Å². The van der Waals surface area contributed by atoms with Gasteiger partial charge in [-0.25, -0.2) is 0 Å². The maximum atomic E-state index is 5.83. The SMILES string of the molecule is CCC(NC)c1nnc(-c2c(C)cc(C)cc2C)o1. The van der Waals surface area contributed by atoms with Gasteiger partial charge in [0.1, 0.15) is 0 Å². The van der Waals surface area contributed by atoms with Crippen LogP contribution >= 0.6 is 0 Å². The second kappa shape index (κ2) is 5.53. The van der Waals surface area contributed by atoms with Crippen molar-refractivity contribution < 1.29 is 4.42 Å². The Labute approximate surface area is 114 Å². The van der Waals surface area contributed by atoms with Crippen molar-refractivity contribution >= 4 is 0 Å². The standard InChI is InChI=1S/C15H21N3O/c1-6-12(16-5)14-17-18-15(19-14)13-10(3)7-9(2)8-11(13)4/h7-8,12,16H,6H2,1-5H3. The normalized spacial score (nSPS) is 12.7. The van der Waals surface area contributed by atoms with Crippen LogP contribution < -0.4 is 5.32 Å². The third-order valence-corrected chi connectivity index (χ3v) is 3.39. The number of nitrogens with zero attached hydrogens (tertiary/aromatic N) is 2. The highest BCUT2D eigenvalue weighted by Gasteiger charge is 2.18. The molecule has 2 rings (SSSR count). The van der Waals surface area contributed by atoms with Crippen molar-refractivity contribution in [3.8, 4) is 11.5 Å². The molecule has 1 aromatic carbocycles. The number of benzene rings is 1. The maximum Gasteiger partial charge on any atom is 0.248 e. The lowest BCUT2D eigenvalue weighted by Crippen LogP contribution is -2.15. The average Bonchev–Trinajstić information content (AvgIpc) is 2.78. The molecule has 0 amide bonds. The smallest absolute Gasteiger partial charge is 0.248 e. The molecule has 0 aliphatic rings. The molecule has 0 spiro atoms. The molecule has 0 fully saturated rings. The van der Waals surface area contributed by atoms with Crippen molar-refractivity contribution in [1.29, 1.82) is 0 Å². The molecular weight excluding hydrogens is 238 g/mol. The van der Waals surface area contributed by atoms with E-state index in [1.54, 1.807) is 0 Å². The molecule has 4 heteroatoms. The Hall–Kier alpha value is -1.68. The summed E-state index contributed by atoms with van der Waals surface area (Å²) < 4.78 is 5.83. The monoisotopic (exact) mass is 259 g/mol. The van der Waals surface area contributed by atoms with E-state index in [4.69, 9.17) is 4.42 Å². The van der Waals surface area contributed by atoms with Crippen LogP contribution in [-0.2, 0) is 0 Å². The van der Waals surface area contributed by atoms with Gasteiger partial charge in [0.05, 0.1) is 6.04 Å². The lowest BCUT2D eigenvalue weighted by molar-refractivity contribution is 0.415. The Bertz CT molecular complexity index is 548. The maximum absolute atomic E-state index is 5.83. The predicted octanol–water partition coefficient (Wildman–Crippen LogP) is 3.33. The molecule has 1 unspecified atom stereocenters. The van der Waals surface area contributed by atoms with Crippen LogP contribution in [0.2, 0.25) is 0 Å². The minimum atomic E-state index is 0.118. The Kier molecular flexibility index (Phi) is 4.00. The van der Waals surface area contributed by atoms with Crippen molar-refractivity contribution in [3.05, 3.63) is 34.7 Å². The van der Waals surface area contributed by atoms with Gasteiger partial charge in [0, 0.05) is 5.56 Å². The predicted molar refractivity (Wildman–Crippen MR) is 76.0 cm³/mol. The third kappa shape index (κ3) is 2.68. The molecule has 2 aromatic rings. The zero-order chi connectivity index (χ0) is 14.0. The van der Waals surface area contributed by atoms with Gasteiger partial charge in [0.15, 0.2) is 0 Å². The zero-order valence-electron chi connectivity index (χ0n) is 12.2. The van der Waals surface area contributed by atoms with Crippen LogP contribution in [0.25, 0.3) is 11.5 Å². The molecule has 4 nitrogen and oxygen atoms in total. The van der Waals surface area contributed by atoms with E-state index >= 15 is 0 Å². The third-order valence-electron chi connectivity index (χ3n) is 3.39. The fourth-order valence-corrected chi connectivity index (χ4v) is 2.50. The molecule has 1 atom stereocenters. The molecule has 0 saturated heterocycles. The topological polar surface area (TPSA) is 51.0 Å². The first-order valence-corrected chi connectivity index (χ1v) is 6.65. The van der Waals surface area contributed by atoms with Crippen LogP contribution in [0.5, 0.6) is 0 Å². The highest BCUT2D eigenvalue weighted by atomic mass is 16.4. The minimum absolute atomic E-state index is 0.118. The molecule has 1 aromatic heterocycles. The number of hydrogen-bond acceptors (Lipinski definition) is 4. The van der Waals surface area contributed by atoms with E-state index in [1.807, 2.05) is 7.05 Å². The van der Waals surface area contributed by atoms with Gasteiger partial charge in [-0.1, -0.05) is 24.6 Å². The Balaban J connectivity index is 2.43. The number of aryl methyl sites for hydroxylation is 3. The summed E-state index contributed by atoms with van der Waals surface area (Å²) in [7, 11) is 1.90. The summed E-state index contributed by atoms with van der Waals surface area (Å²) in [6.07, 6.45) is 0.921. The largest absolute Gasteiger partial charge is 0.419 e. The summed E-state index contributed by atoms with van der Waals surface area (Å²) in [5, 5.41) is 11.5. The van der Waals surface area contributed by atoms with E-state index in [1.165, 1.54) is 16.7 Å². The lowest BCUT2D eigenvalue weighted by atomic mass is 10.00. The Morgan fingerprint density at radius 1 is 1.16 bits per heavy atom. The van der Waals surface area contributed by atoms with E-state index in [-0.39, 0.29) is 6.04 Å². The number of hydrogen-bond donors (Lipinski definition) is 1. The molecule has 1 N–H and O–H groups in total. The van der Waals surface area contributed by atoms with Crippen LogP contribution in [0.15, 0.2) is 16.5 Å². The Morgan fingerprint density at radius 3 is 2.32 bits per heavy atom. The molecule has 0 aliphatic heterocycles. The summed E-state index contributed by atoms with van der Waals surface area (Å²) >= 11 is 0.